The largest absolute Gasteiger partial charge is 0.378 e. The van der Waals surface area contributed by atoms with Crippen LogP contribution in [0.4, 0.5) is 5.69 Å². The van der Waals surface area contributed by atoms with Gasteiger partial charge in [0.25, 0.3) is 5.91 Å². The Morgan fingerprint density at radius 3 is 2.27 bits per heavy atom. The molecule has 142 valence electrons. The number of carbonyl (C=O) groups excluding carboxylic acids is 2. The van der Waals surface area contributed by atoms with Crippen LogP contribution >= 0.6 is 0 Å². The van der Waals surface area contributed by atoms with Gasteiger partial charge >= 0.3 is 0 Å². The maximum Gasteiger partial charge on any atom is 0.253 e. The molecule has 0 unspecified atom stereocenters. The molecule has 2 aliphatic rings. The molecule has 0 spiro atoms. The number of likely N-dealkylation sites (tertiary alicyclic amines) is 2. The van der Waals surface area contributed by atoms with Crippen LogP contribution in [0, 0.1) is 0 Å². The fourth-order valence-corrected chi connectivity index (χ4v) is 4.22. The highest BCUT2D eigenvalue weighted by Crippen LogP contribution is 2.32. The highest BCUT2D eigenvalue weighted by molar-refractivity contribution is 5.95. The Labute approximate surface area is 155 Å². The first-order chi connectivity index (χ1) is 12.4. The van der Waals surface area contributed by atoms with E-state index in [1.165, 1.54) is 6.42 Å². The fourth-order valence-electron chi connectivity index (χ4n) is 4.22. The number of hydrogen-bond acceptors (Lipinski definition) is 4. The molecule has 6 nitrogen and oxygen atoms in total. The van der Waals surface area contributed by atoms with E-state index in [4.69, 9.17) is 5.73 Å². The number of benzene rings is 1. The van der Waals surface area contributed by atoms with Crippen molar-refractivity contribution in [1.82, 2.24) is 9.80 Å². The summed E-state index contributed by atoms with van der Waals surface area (Å²) in [5, 5.41) is 0. The number of nitrogens with zero attached hydrogens (tertiary/aromatic N) is 3. The lowest BCUT2D eigenvalue weighted by molar-refractivity contribution is -0.134. The number of amides is 2. The van der Waals surface area contributed by atoms with E-state index in [1.54, 1.807) is 0 Å². The van der Waals surface area contributed by atoms with Gasteiger partial charge in [0.15, 0.2) is 0 Å². The Kier molecular flexibility index (Phi) is 5.51. The van der Waals surface area contributed by atoms with Crippen molar-refractivity contribution in [3.63, 3.8) is 0 Å². The summed E-state index contributed by atoms with van der Waals surface area (Å²) in [6, 6.07) is 7.67. The minimum Gasteiger partial charge on any atom is -0.378 e. The van der Waals surface area contributed by atoms with Gasteiger partial charge in [0.1, 0.15) is 5.54 Å². The van der Waals surface area contributed by atoms with E-state index < -0.39 is 5.54 Å². The van der Waals surface area contributed by atoms with E-state index in [-0.39, 0.29) is 11.8 Å². The third-order valence-electron chi connectivity index (χ3n) is 5.91. The lowest BCUT2D eigenvalue weighted by Gasteiger charge is -2.48. The van der Waals surface area contributed by atoms with Gasteiger partial charge in [0.05, 0.1) is 0 Å². The zero-order valence-corrected chi connectivity index (χ0v) is 15.9. The van der Waals surface area contributed by atoms with Gasteiger partial charge in [-0.1, -0.05) is 12.5 Å². The summed E-state index contributed by atoms with van der Waals surface area (Å²) in [6.45, 7) is 3.01. The van der Waals surface area contributed by atoms with Crippen molar-refractivity contribution in [2.24, 2.45) is 5.73 Å². The van der Waals surface area contributed by atoms with Crippen LogP contribution in [0.25, 0.3) is 0 Å². The molecular weight excluding hydrogens is 328 g/mol. The summed E-state index contributed by atoms with van der Waals surface area (Å²) in [4.78, 5) is 31.3. The molecule has 6 heteroatoms. The van der Waals surface area contributed by atoms with Gasteiger partial charge in [-0.2, -0.15) is 0 Å². The summed E-state index contributed by atoms with van der Waals surface area (Å²) in [6.07, 6.45) is 4.71. The van der Waals surface area contributed by atoms with Gasteiger partial charge in [-0.15, -0.1) is 0 Å². The second kappa shape index (κ2) is 7.66. The van der Waals surface area contributed by atoms with E-state index in [9.17, 15) is 9.59 Å². The van der Waals surface area contributed by atoms with Gasteiger partial charge in [-0.25, -0.2) is 0 Å². The smallest absolute Gasteiger partial charge is 0.253 e. The second-order valence-corrected chi connectivity index (χ2v) is 7.68. The van der Waals surface area contributed by atoms with Crippen LogP contribution in [0.2, 0.25) is 0 Å². The standard InChI is InChI=1S/C20H30N4O2/c1-22(2)17-8-6-7-16(15-17)18(25)23-13-9-20(10-14-23,19(21)26)24-11-4-3-5-12-24/h6-8,15H,3-5,9-14H2,1-2H3,(H2,21,26). The molecular formula is C20H30N4O2. The molecule has 0 radical (unpaired) electrons. The van der Waals surface area contributed by atoms with Gasteiger partial charge in [0.2, 0.25) is 5.91 Å². The molecule has 3 rings (SSSR count). The molecule has 1 aromatic carbocycles. The molecule has 2 fully saturated rings. The van der Waals surface area contributed by atoms with Crippen molar-refractivity contribution in [3.05, 3.63) is 29.8 Å². The maximum absolute atomic E-state index is 12.9. The molecule has 1 aromatic rings. The van der Waals surface area contributed by atoms with Crippen LogP contribution in [0.5, 0.6) is 0 Å². The molecule has 0 bridgehead atoms. The quantitative estimate of drug-likeness (QED) is 0.889. The summed E-state index contributed by atoms with van der Waals surface area (Å²) in [5.74, 6) is -0.202. The van der Waals surface area contributed by atoms with Crippen LogP contribution in [-0.2, 0) is 4.79 Å². The van der Waals surface area contributed by atoms with Crippen LogP contribution in [-0.4, -0.2) is 67.4 Å². The van der Waals surface area contributed by atoms with Crippen LogP contribution in [0.1, 0.15) is 42.5 Å². The van der Waals surface area contributed by atoms with Gasteiger partial charge in [-0.3, -0.25) is 14.5 Å². The average molecular weight is 358 g/mol. The third kappa shape index (κ3) is 3.56. The molecule has 2 saturated heterocycles. The number of carbonyl (C=O) groups is 2. The van der Waals surface area contributed by atoms with Crippen molar-refractivity contribution >= 4 is 17.5 Å². The minimum absolute atomic E-state index is 0.0328. The van der Waals surface area contributed by atoms with Crippen molar-refractivity contribution < 1.29 is 9.59 Å². The number of nitrogens with two attached hydrogens (primary N) is 1. The molecule has 0 aromatic heterocycles. The molecule has 0 atom stereocenters. The first-order valence-corrected chi connectivity index (χ1v) is 9.56. The van der Waals surface area contributed by atoms with E-state index in [0.717, 1.165) is 31.6 Å². The van der Waals surface area contributed by atoms with Crippen molar-refractivity contribution in [2.75, 3.05) is 45.2 Å². The molecule has 2 N–H and O–H groups in total. The Morgan fingerprint density at radius 1 is 1.04 bits per heavy atom. The van der Waals surface area contributed by atoms with E-state index in [0.29, 0.717) is 31.5 Å². The summed E-state index contributed by atoms with van der Waals surface area (Å²) in [5.41, 5.74) is 6.95. The second-order valence-electron chi connectivity index (χ2n) is 7.68. The molecule has 2 heterocycles. The average Bonchev–Trinajstić information content (AvgIpc) is 2.68. The zero-order chi connectivity index (χ0) is 18.7. The molecule has 2 amide bonds. The number of rotatable bonds is 4. The van der Waals surface area contributed by atoms with Gasteiger partial charge in [0, 0.05) is 38.4 Å². The Balaban J connectivity index is 1.71. The lowest BCUT2D eigenvalue weighted by Crippen LogP contribution is -2.63. The fraction of sp³-hybridized carbons (Fsp3) is 0.600. The predicted octanol–water partition coefficient (Wildman–Crippen LogP) is 1.70. The zero-order valence-electron chi connectivity index (χ0n) is 15.9. The van der Waals surface area contributed by atoms with Gasteiger partial charge < -0.3 is 15.5 Å². The van der Waals surface area contributed by atoms with Crippen molar-refractivity contribution in [3.8, 4) is 0 Å². The number of anilines is 1. The van der Waals surface area contributed by atoms with Crippen molar-refractivity contribution in [2.45, 2.75) is 37.6 Å². The number of piperidine rings is 2. The summed E-state index contributed by atoms with van der Waals surface area (Å²) in [7, 11) is 3.93. The number of hydrogen-bond donors (Lipinski definition) is 1. The van der Waals surface area contributed by atoms with E-state index in [1.807, 2.05) is 48.2 Å². The topological polar surface area (TPSA) is 69.9 Å². The van der Waals surface area contributed by atoms with Gasteiger partial charge in [-0.05, 0) is 57.0 Å². The predicted molar refractivity (Wildman–Crippen MR) is 103 cm³/mol. The molecule has 2 aliphatic heterocycles. The lowest BCUT2D eigenvalue weighted by atomic mass is 9.83. The Bertz CT molecular complexity index is 660. The summed E-state index contributed by atoms with van der Waals surface area (Å²) < 4.78 is 0. The SMILES string of the molecule is CN(C)c1cccc(C(=O)N2CCC(C(N)=O)(N3CCCCC3)CC2)c1. The normalized spacial score (nSPS) is 20.6. The third-order valence-corrected chi connectivity index (χ3v) is 5.91. The Morgan fingerprint density at radius 2 is 1.69 bits per heavy atom. The maximum atomic E-state index is 12.9. The molecule has 26 heavy (non-hydrogen) atoms. The van der Waals surface area contributed by atoms with E-state index in [2.05, 4.69) is 4.90 Å². The highest BCUT2D eigenvalue weighted by Gasteiger charge is 2.45. The molecule has 0 saturated carbocycles. The molecule has 0 aliphatic carbocycles. The summed E-state index contributed by atoms with van der Waals surface area (Å²) >= 11 is 0. The first kappa shape index (κ1) is 18.7. The first-order valence-electron chi connectivity index (χ1n) is 9.56. The van der Waals surface area contributed by atoms with E-state index >= 15 is 0 Å². The highest BCUT2D eigenvalue weighted by atomic mass is 16.2. The van der Waals surface area contributed by atoms with Crippen molar-refractivity contribution in [1.29, 1.82) is 0 Å². The van der Waals surface area contributed by atoms with Crippen LogP contribution in [0.3, 0.4) is 0 Å². The minimum atomic E-state index is -0.581. The monoisotopic (exact) mass is 358 g/mol. The van der Waals surface area contributed by atoms with Crippen LogP contribution in [0.15, 0.2) is 24.3 Å². The van der Waals surface area contributed by atoms with Crippen LogP contribution < -0.4 is 10.6 Å². The number of primary amides is 1. The Hall–Kier alpha value is -2.08.